The topological polar surface area (TPSA) is 86.5 Å². The van der Waals surface area contributed by atoms with Gasteiger partial charge in [-0.05, 0) is 50.5 Å². The Morgan fingerprint density at radius 2 is 2.00 bits per heavy atom. The van der Waals surface area contributed by atoms with Gasteiger partial charge in [0.05, 0.1) is 6.10 Å². The Hall–Kier alpha value is -2.54. The van der Waals surface area contributed by atoms with Crippen molar-refractivity contribution in [3.05, 3.63) is 53.1 Å². The molecule has 7 heteroatoms. The van der Waals surface area contributed by atoms with Gasteiger partial charge in [-0.3, -0.25) is 4.79 Å². The number of benzene rings is 1. The molecule has 3 rings (SSSR count). The number of halogens is 1. The predicted molar refractivity (Wildman–Crippen MR) is 94.5 cm³/mol. The van der Waals surface area contributed by atoms with E-state index in [0.717, 1.165) is 11.4 Å². The van der Waals surface area contributed by atoms with E-state index in [9.17, 15) is 19.4 Å². The van der Waals surface area contributed by atoms with Gasteiger partial charge in [-0.25, -0.2) is 14.4 Å². The molecule has 0 bridgehead atoms. The average Bonchev–Trinajstić information content (AvgIpc) is 2.56. The summed E-state index contributed by atoms with van der Waals surface area (Å²) < 4.78 is 13.5. The van der Waals surface area contributed by atoms with Crippen LogP contribution < -0.4 is 4.90 Å². The standard InChI is InChI=1S/C19H22FN3O3/c1-12-8-13(2)22-18(21-12)23-7-6-16(24)19(11-23,17(25)26)10-14-4-3-5-15(20)9-14/h3-5,8-9,16,24H,6-7,10-11H2,1-2H3,(H,25,26)/t16-,19+/m0/s1. The van der Waals surface area contributed by atoms with E-state index in [-0.39, 0.29) is 19.4 Å². The number of piperidine rings is 1. The van der Waals surface area contributed by atoms with E-state index in [0.29, 0.717) is 18.1 Å². The number of aromatic nitrogens is 2. The molecule has 138 valence electrons. The second-order valence-electron chi connectivity index (χ2n) is 6.94. The largest absolute Gasteiger partial charge is 0.481 e. The molecule has 1 aliphatic heterocycles. The van der Waals surface area contributed by atoms with E-state index < -0.39 is 23.3 Å². The number of hydrogen-bond acceptors (Lipinski definition) is 5. The highest BCUT2D eigenvalue weighted by molar-refractivity contribution is 5.77. The lowest BCUT2D eigenvalue weighted by molar-refractivity contribution is -0.157. The van der Waals surface area contributed by atoms with E-state index in [1.54, 1.807) is 17.0 Å². The molecule has 1 aromatic heterocycles. The molecule has 0 unspecified atom stereocenters. The molecule has 6 nitrogen and oxygen atoms in total. The number of aliphatic hydroxyl groups is 1. The van der Waals surface area contributed by atoms with E-state index in [2.05, 4.69) is 9.97 Å². The molecule has 1 saturated heterocycles. The average molecular weight is 359 g/mol. The van der Waals surface area contributed by atoms with Crippen molar-refractivity contribution < 1.29 is 19.4 Å². The fourth-order valence-corrected chi connectivity index (χ4v) is 3.57. The summed E-state index contributed by atoms with van der Waals surface area (Å²) in [6.45, 7) is 4.23. The SMILES string of the molecule is Cc1cc(C)nc(N2CC[C@H](O)[C@](Cc3cccc(F)c3)(C(=O)O)C2)n1. The Morgan fingerprint density at radius 3 is 2.62 bits per heavy atom. The van der Waals surface area contributed by atoms with E-state index in [1.807, 2.05) is 19.9 Å². The van der Waals surface area contributed by atoms with Gasteiger partial charge in [0.25, 0.3) is 0 Å². The minimum Gasteiger partial charge on any atom is -0.481 e. The number of aliphatic hydroxyl groups excluding tert-OH is 1. The van der Waals surface area contributed by atoms with Gasteiger partial charge in [0.1, 0.15) is 11.2 Å². The number of carboxylic acids is 1. The summed E-state index contributed by atoms with van der Waals surface area (Å²) in [5.74, 6) is -1.08. The second-order valence-corrected chi connectivity index (χ2v) is 6.94. The first-order valence-corrected chi connectivity index (χ1v) is 8.53. The molecule has 0 amide bonds. The first kappa shape index (κ1) is 18.3. The Labute approximate surface area is 151 Å². The molecule has 0 aliphatic carbocycles. The highest BCUT2D eigenvalue weighted by atomic mass is 19.1. The summed E-state index contributed by atoms with van der Waals surface area (Å²) >= 11 is 0. The van der Waals surface area contributed by atoms with Crippen molar-refractivity contribution in [2.45, 2.75) is 32.8 Å². The predicted octanol–water partition coefficient (Wildman–Crippen LogP) is 2.12. The zero-order valence-electron chi connectivity index (χ0n) is 14.8. The third kappa shape index (κ3) is 3.53. The maximum absolute atomic E-state index is 13.5. The van der Waals surface area contributed by atoms with E-state index in [1.165, 1.54) is 12.1 Å². The van der Waals surface area contributed by atoms with Gasteiger partial charge in [0.15, 0.2) is 0 Å². The molecule has 0 saturated carbocycles. The lowest BCUT2D eigenvalue weighted by Gasteiger charge is -2.43. The normalized spacial score (nSPS) is 23.1. The summed E-state index contributed by atoms with van der Waals surface area (Å²) in [5, 5.41) is 20.5. The van der Waals surface area contributed by atoms with Crippen molar-refractivity contribution in [1.82, 2.24) is 9.97 Å². The molecular formula is C19H22FN3O3. The van der Waals surface area contributed by atoms with Crippen molar-refractivity contribution in [2.24, 2.45) is 5.41 Å². The number of carbonyl (C=O) groups is 1. The van der Waals surface area contributed by atoms with Gasteiger partial charge in [-0.1, -0.05) is 12.1 Å². The van der Waals surface area contributed by atoms with Gasteiger partial charge in [-0.15, -0.1) is 0 Å². The molecule has 1 fully saturated rings. The number of carboxylic acid groups (broad SMARTS) is 1. The molecule has 0 radical (unpaired) electrons. The van der Waals surface area contributed by atoms with Crippen molar-refractivity contribution in [2.75, 3.05) is 18.0 Å². The van der Waals surface area contributed by atoms with Crippen LogP contribution in [0.15, 0.2) is 30.3 Å². The fourth-order valence-electron chi connectivity index (χ4n) is 3.57. The van der Waals surface area contributed by atoms with Crippen LogP contribution in [0.25, 0.3) is 0 Å². The van der Waals surface area contributed by atoms with E-state index >= 15 is 0 Å². The Morgan fingerprint density at radius 1 is 1.31 bits per heavy atom. The number of anilines is 1. The molecule has 2 heterocycles. The lowest BCUT2D eigenvalue weighted by Crippen LogP contribution is -2.57. The second kappa shape index (κ2) is 6.99. The maximum atomic E-state index is 13.5. The minimum atomic E-state index is -1.45. The van der Waals surface area contributed by atoms with Crippen LogP contribution in [0.5, 0.6) is 0 Å². The summed E-state index contributed by atoms with van der Waals surface area (Å²) in [6.07, 6.45) is -0.731. The van der Waals surface area contributed by atoms with Crippen LogP contribution in [0.3, 0.4) is 0 Å². The van der Waals surface area contributed by atoms with Gasteiger partial charge >= 0.3 is 5.97 Å². The maximum Gasteiger partial charge on any atom is 0.314 e. The number of rotatable bonds is 4. The molecule has 2 N–H and O–H groups in total. The summed E-state index contributed by atoms with van der Waals surface area (Å²) in [4.78, 5) is 22.8. The van der Waals surface area contributed by atoms with Gasteiger partial charge in [-0.2, -0.15) is 0 Å². The third-order valence-electron chi connectivity index (χ3n) is 4.87. The number of hydrogen-bond donors (Lipinski definition) is 2. The molecule has 2 aromatic rings. The molecule has 1 aromatic carbocycles. The van der Waals surface area contributed by atoms with Gasteiger partial charge < -0.3 is 15.1 Å². The number of nitrogens with zero attached hydrogens (tertiary/aromatic N) is 3. The van der Waals surface area contributed by atoms with Crippen molar-refractivity contribution >= 4 is 11.9 Å². The highest BCUT2D eigenvalue weighted by Gasteiger charge is 2.49. The quantitative estimate of drug-likeness (QED) is 0.870. The number of aryl methyl sites for hydroxylation is 2. The monoisotopic (exact) mass is 359 g/mol. The Bertz CT molecular complexity index is 809. The molecular weight excluding hydrogens is 337 g/mol. The Kier molecular flexibility index (Phi) is 4.91. The first-order chi connectivity index (χ1) is 12.3. The minimum absolute atomic E-state index is 0.0303. The van der Waals surface area contributed by atoms with Gasteiger partial charge in [0.2, 0.25) is 5.95 Å². The van der Waals surface area contributed by atoms with Crippen LogP contribution in [0.4, 0.5) is 10.3 Å². The van der Waals surface area contributed by atoms with Crippen LogP contribution in [-0.4, -0.2) is 45.3 Å². The summed E-state index contributed by atoms with van der Waals surface area (Å²) in [6, 6.07) is 7.68. The van der Waals surface area contributed by atoms with Crippen LogP contribution in [-0.2, 0) is 11.2 Å². The zero-order valence-corrected chi connectivity index (χ0v) is 14.8. The summed E-state index contributed by atoms with van der Waals surface area (Å²) in [7, 11) is 0. The van der Waals surface area contributed by atoms with Crippen molar-refractivity contribution in [3.63, 3.8) is 0 Å². The Balaban J connectivity index is 1.95. The summed E-state index contributed by atoms with van der Waals surface area (Å²) in [5.41, 5.74) is 0.677. The third-order valence-corrected chi connectivity index (χ3v) is 4.87. The van der Waals surface area contributed by atoms with Crippen LogP contribution in [0.2, 0.25) is 0 Å². The molecule has 2 atom stereocenters. The van der Waals surface area contributed by atoms with Crippen molar-refractivity contribution in [3.8, 4) is 0 Å². The van der Waals surface area contributed by atoms with Crippen LogP contribution >= 0.6 is 0 Å². The lowest BCUT2D eigenvalue weighted by atomic mass is 9.73. The van der Waals surface area contributed by atoms with E-state index in [4.69, 9.17) is 0 Å². The number of aliphatic carboxylic acids is 1. The van der Waals surface area contributed by atoms with Gasteiger partial charge in [0, 0.05) is 24.5 Å². The zero-order chi connectivity index (χ0) is 18.9. The smallest absolute Gasteiger partial charge is 0.314 e. The van der Waals surface area contributed by atoms with Crippen molar-refractivity contribution in [1.29, 1.82) is 0 Å². The molecule has 1 aliphatic rings. The highest BCUT2D eigenvalue weighted by Crippen LogP contribution is 2.36. The van der Waals surface area contributed by atoms with Crippen LogP contribution in [0, 0.1) is 25.1 Å². The molecule has 0 spiro atoms. The first-order valence-electron chi connectivity index (χ1n) is 8.53. The fraction of sp³-hybridized carbons (Fsp3) is 0.421. The van der Waals surface area contributed by atoms with Crippen LogP contribution in [0.1, 0.15) is 23.4 Å². The molecule has 26 heavy (non-hydrogen) atoms.